The Labute approximate surface area is 102 Å². The molecule has 0 spiro atoms. The minimum absolute atomic E-state index is 0.0156. The molecule has 0 radical (unpaired) electrons. The topological polar surface area (TPSA) is 23.8 Å². The molecule has 4 heteroatoms. The van der Waals surface area contributed by atoms with Crippen LogP contribution in [0.25, 0.3) is 11.1 Å². The Kier molecular flexibility index (Phi) is 3.33. The van der Waals surface area contributed by atoms with Crippen LogP contribution >= 0.6 is 0 Å². The van der Waals surface area contributed by atoms with Crippen molar-refractivity contribution in [1.29, 1.82) is 5.26 Å². The van der Waals surface area contributed by atoms with Crippen molar-refractivity contribution in [2.75, 3.05) is 0 Å². The van der Waals surface area contributed by atoms with Gasteiger partial charge in [-0.25, -0.2) is 13.2 Å². The Hall–Kier alpha value is -2.28. The molecule has 0 unspecified atom stereocenters. The second kappa shape index (κ2) is 4.92. The van der Waals surface area contributed by atoms with Crippen LogP contribution in [0, 0.1) is 28.8 Å². The lowest BCUT2D eigenvalue weighted by molar-refractivity contribution is 0.511. The lowest BCUT2D eigenvalue weighted by Gasteiger charge is -2.06. The molecule has 0 saturated carbocycles. The highest BCUT2D eigenvalue weighted by atomic mass is 19.2. The van der Waals surface area contributed by atoms with Gasteiger partial charge < -0.3 is 0 Å². The van der Waals surface area contributed by atoms with E-state index >= 15 is 0 Å². The van der Waals surface area contributed by atoms with Crippen molar-refractivity contribution in [1.82, 2.24) is 0 Å². The van der Waals surface area contributed by atoms with Crippen LogP contribution in [0.1, 0.15) is 5.56 Å². The third kappa shape index (κ3) is 2.35. The summed E-state index contributed by atoms with van der Waals surface area (Å²) in [5.41, 5.74) is 0.627. The van der Waals surface area contributed by atoms with E-state index in [1.165, 1.54) is 24.3 Å². The summed E-state index contributed by atoms with van der Waals surface area (Å²) in [6.07, 6.45) is 0.0156. The minimum Gasteiger partial charge on any atom is -0.207 e. The molecular weight excluding hydrogens is 239 g/mol. The third-order valence-corrected chi connectivity index (χ3v) is 2.50. The fourth-order valence-corrected chi connectivity index (χ4v) is 1.73. The highest BCUT2D eigenvalue weighted by Gasteiger charge is 2.11. The number of halogens is 3. The predicted molar refractivity (Wildman–Crippen MR) is 61.1 cm³/mol. The van der Waals surface area contributed by atoms with Crippen LogP contribution in [-0.4, -0.2) is 0 Å². The third-order valence-electron chi connectivity index (χ3n) is 2.50. The number of nitriles is 1. The average molecular weight is 247 g/mol. The molecular formula is C14H8F3N. The van der Waals surface area contributed by atoms with Crippen molar-refractivity contribution in [2.45, 2.75) is 6.42 Å². The molecule has 0 aliphatic carbocycles. The first-order valence-electron chi connectivity index (χ1n) is 5.22. The van der Waals surface area contributed by atoms with Crippen LogP contribution in [0.3, 0.4) is 0 Å². The molecule has 18 heavy (non-hydrogen) atoms. The maximum atomic E-state index is 13.6. The number of hydrogen-bond donors (Lipinski definition) is 0. The van der Waals surface area contributed by atoms with Crippen molar-refractivity contribution < 1.29 is 13.2 Å². The fourth-order valence-electron chi connectivity index (χ4n) is 1.73. The lowest BCUT2D eigenvalue weighted by Crippen LogP contribution is -1.92. The van der Waals surface area contributed by atoms with Gasteiger partial charge in [-0.3, -0.25) is 0 Å². The molecule has 0 aromatic heterocycles. The van der Waals surface area contributed by atoms with Crippen molar-refractivity contribution in [3.63, 3.8) is 0 Å². The van der Waals surface area contributed by atoms with Gasteiger partial charge in [-0.15, -0.1) is 0 Å². The Morgan fingerprint density at radius 2 is 1.83 bits per heavy atom. The molecule has 0 fully saturated rings. The Balaban J connectivity index is 2.57. The molecule has 90 valence electrons. The van der Waals surface area contributed by atoms with Crippen molar-refractivity contribution in [2.24, 2.45) is 0 Å². The van der Waals surface area contributed by atoms with E-state index in [-0.39, 0.29) is 17.5 Å². The SMILES string of the molecule is N#CCc1cc(F)cc(-c2cccc(F)c2F)c1. The number of rotatable bonds is 2. The van der Waals surface area contributed by atoms with Gasteiger partial charge in [0, 0.05) is 5.56 Å². The van der Waals surface area contributed by atoms with E-state index < -0.39 is 17.5 Å². The number of benzene rings is 2. The maximum Gasteiger partial charge on any atom is 0.166 e. The molecule has 0 bridgehead atoms. The molecule has 0 atom stereocenters. The van der Waals surface area contributed by atoms with Crippen LogP contribution in [-0.2, 0) is 6.42 Å². The summed E-state index contributed by atoms with van der Waals surface area (Å²) in [5.74, 6) is -2.59. The van der Waals surface area contributed by atoms with Crippen LogP contribution < -0.4 is 0 Å². The van der Waals surface area contributed by atoms with Gasteiger partial charge in [0.25, 0.3) is 0 Å². The molecule has 2 aromatic rings. The molecule has 0 N–H and O–H groups in total. The zero-order valence-corrected chi connectivity index (χ0v) is 9.25. The minimum atomic E-state index is -1.02. The highest BCUT2D eigenvalue weighted by Crippen LogP contribution is 2.26. The largest absolute Gasteiger partial charge is 0.207 e. The summed E-state index contributed by atoms with van der Waals surface area (Å²) < 4.78 is 40.0. The molecule has 0 saturated heterocycles. The van der Waals surface area contributed by atoms with Gasteiger partial charge in [-0.2, -0.15) is 5.26 Å². The summed E-state index contributed by atoms with van der Waals surface area (Å²) in [4.78, 5) is 0. The molecule has 0 heterocycles. The summed E-state index contributed by atoms with van der Waals surface area (Å²) in [7, 11) is 0. The Morgan fingerprint density at radius 1 is 1.06 bits per heavy atom. The lowest BCUT2D eigenvalue weighted by atomic mass is 10.0. The summed E-state index contributed by atoms with van der Waals surface area (Å²) >= 11 is 0. The average Bonchev–Trinajstić information content (AvgIpc) is 2.32. The van der Waals surface area contributed by atoms with E-state index in [0.717, 1.165) is 12.1 Å². The van der Waals surface area contributed by atoms with Crippen molar-refractivity contribution >= 4 is 0 Å². The quantitative estimate of drug-likeness (QED) is 0.791. The van der Waals surface area contributed by atoms with E-state index in [0.29, 0.717) is 5.56 Å². The van der Waals surface area contributed by atoms with E-state index in [1.807, 2.05) is 6.07 Å². The van der Waals surface area contributed by atoms with Crippen LogP contribution in [0.5, 0.6) is 0 Å². The Bertz CT molecular complexity index is 629. The van der Waals surface area contributed by atoms with E-state index in [2.05, 4.69) is 0 Å². The van der Waals surface area contributed by atoms with Crippen molar-refractivity contribution in [3.8, 4) is 17.2 Å². The smallest absolute Gasteiger partial charge is 0.166 e. The van der Waals surface area contributed by atoms with Gasteiger partial charge in [0.05, 0.1) is 12.5 Å². The molecule has 2 aromatic carbocycles. The van der Waals surface area contributed by atoms with Crippen LogP contribution in [0.4, 0.5) is 13.2 Å². The van der Waals surface area contributed by atoms with E-state index in [9.17, 15) is 13.2 Å². The second-order valence-electron chi connectivity index (χ2n) is 3.78. The number of hydrogen-bond acceptors (Lipinski definition) is 1. The van der Waals surface area contributed by atoms with Crippen molar-refractivity contribution in [3.05, 3.63) is 59.4 Å². The standard InChI is InChI=1S/C14H8F3N/c15-11-7-9(4-5-18)6-10(8-11)12-2-1-3-13(16)14(12)17/h1-3,6-8H,4H2. The number of nitrogens with zero attached hydrogens (tertiary/aromatic N) is 1. The van der Waals surface area contributed by atoms with Gasteiger partial charge in [0.1, 0.15) is 5.82 Å². The van der Waals surface area contributed by atoms with E-state index in [4.69, 9.17) is 5.26 Å². The molecule has 0 aliphatic heterocycles. The molecule has 1 nitrogen and oxygen atoms in total. The summed E-state index contributed by atoms with van der Waals surface area (Å²) in [6, 6.07) is 9.37. The zero-order chi connectivity index (χ0) is 13.1. The monoisotopic (exact) mass is 247 g/mol. The van der Waals surface area contributed by atoms with Gasteiger partial charge in [-0.1, -0.05) is 12.1 Å². The van der Waals surface area contributed by atoms with Gasteiger partial charge >= 0.3 is 0 Å². The summed E-state index contributed by atoms with van der Waals surface area (Å²) in [5, 5.41) is 8.56. The first-order chi connectivity index (χ1) is 8.61. The van der Waals surface area contributed by atoms with Gasteiger partial charge in [-0.05, 0) is 35.4 Å². The molecule has 0 amide bonds. The highest BCUT2D eigenvalue weighted by molar-refractivity contribution is 5.65. The van der Waals surface area contributed by atoms with E-state index in [1.54, 1.807) is 0 Å². The van der Waals surface area contributed by atoms with Gasteiger partial charge in [0.2, 0.25) is 0 Å². The zero-order valence-electron chi connectivity index (χ0n) is 9.25. The molecule has 2 rings (SSSR count). The maximum absolute atomic E-state index is 13.6. The fraction of sp³-hybridized carbons (Fsp3) is 0.0714. The van der Waals surface area contributed by atoms with Crippen LogP contribution in [0.2, 0.25) is 0 Å². The first kappa shape index (κ1) is 12.2. The van der Waals surface area contributed by atoms with Crippen LogP contribution in [0.15, 0.2) is 36.4 Å². The van der Waals surface area contributed by atoms with Gasteiger partial charge in [0.15, 0.2) is 11.6 Å². The Morgan fingerprint density at radius 3 is 2.56 bits per heavy atom. The first-order valence-corrected chi connectivity index (χ1v) is 5.22. The normalized spacial score (nSPS) is 10.1. The molecule has 0 aliphatic rings. The summed E-state index contributed by atoms with van der Waals surface area (Å²) in [6.45, 7) is 0. The predicted octanol–water partition coefficient (Wildman–Crippen LogP) is 3.84. The second-order valence-corrected chi connectivity index (χ2v) is 3.78.